The van der Waals surface area contributed by atoms with E-state index in [2.05, 4.69) is 27.1 Å². The minimum Gasteiger partial charge on any atom is -0.345 e. The van der Waals surface area contributed by atoms with Crippen molar-refractivity contribution in [3.63, 3.8) is 0 Å². The number of fused-ring (bicyclic) bond motifs is 1. The largest absolute Gasteiger partial charge is 0.345 e. The van der Waals surface area contributed by atoms with Crippen molar-refractivity contribution in [1.29, 1.82) is 0 Å². The molecule has 0 saturated heterocycles. The van der Waals surface area contributed by atoms with Crippen molar-refractivity contribution >= 4 is 33.8 Å². The first-order valence-electron chi connectivity index (χ1n) is 4.45. The van der Waals surface area contributed by atoms with Gasteiger partial charge in [0, 0.05) is 18.0 Å². The summed E-state index contributed by atoms with van der Waals surface area (Å²) in [5.41, 5.74) is 2.13. The fraction of sp³-hybridized carbons (Fsp3) is 0. The zero-order chi connectivity index (χ0) is 10.3. The molecule has 3 rings (SSSR count). The van der Waals surface area contributed by atoms with Crippen molar-refractivity contribution in [2.75, 3.05) is 0 Å². The molecule has 3 aromatic rings. The number of H-pyrrole nitrogens is 2. The van der Waals surface area contributed by atoms with Crippen molar-refractivity contribution in [2.45, 2.75) is 0 Å². The topological polar surface area (TPSA) is 44.5 Å². The lowest BCUT2D eigenvalue weighted by Crippen LogP contribution is -1.79. The van der Waals surface area contributed by atoms with E-state index in [1.807, 2.05) is 12.3 Å². The number of hydrogen-bond donors (Lipinski definition) is 2. The van der Waals surface area contributed by atoms with Crippen LogP contribution >= 0.6 is 23.6 Å². The standard InChI is InChI=1S/C10H7N3S2/c14-10-13-7-5-6(1-2-8(7)15-10)9-11-3-4-12-9/h1-5H,(H,11,12)(H,13,14). The Labute approximate surface area is 94.8 Å². The number of aromatic amines is 2. The Morgan fingerprint density at radius 1 is 1.33 bits per heavy atom. The Morgan fingerprint density at radius 2 is 2.27 bits per heavy atom. The highest BCUT2D eigenvalue weighted by Gasteiger charge is 2.02. The Hall–Kier alpha value is -1.46. The van der Waals surface area contributed by atoms with E-state index in [9.17, 15) is 0 Å². The second-order valence-corrected chi connectivity index (χ2v) is 4.88. The lowest BCUT2D eigenvalue weighted by molar-refractivity contribution is 1.31. The van der Waals surface area contributed by atoms with Crippen LogP contribution < -0.4 is 0 Å². The summed E-state index contributed by atoms with van der Waals surface area (Å²) in [6.45, 7) is 0. The molecule has 0 radical (unpaired) electrons. The lowest BCUT2D eigenvalue weighted by atomic mass is 10.2. The minimum atomic E-state index is 0.807. The van der Waals surface area contributed by atoms with E-state index in [0.717, 1.165) is 20.9 Å². The first-order valence-corrected chi connectivity index (χ1v) is 5.68. The van der Waals surface area contributed by atoms with Gasteiger partial charge in [0.1, 0.15) is 5.82 Å². The molecule has 0 spiro atoms. The number of nitrogens with zero attached hydrogens (tertiary/aromatic N) is 1. The predicted octanol–water partition coefficient (Wildman–Crippen LogP) is 3.35. The van der Waals surface area contributed by atoms with Gasteiger partial charge in [-0.05, 0) is 30.4 Å². The van der Waals surface area contributed by atoms with Crippen LogP contribution in [0.5, 0.6) is 0 Å². The van der Waals surface area contributed by atoms with Crippen molar-refractivity contribution in [2.24, 2.45) is 0 Å². The number of nitrogens with one attached hydrogen (secondary N) is 2. The molecule has 15 heavy (non-hydrogen) atoms. The van der Waals surface area contributed by atoms with Crippen LogP contribution in [0.1, 0.15) is 0 Å². The van der Waals surface area contributed by atoms with Crippen molar-refractivity contribution in [3.05, 3.63) is 34.5 Å². The fourth-order valence-electron chi connectivity index (χ4n) is 1.52. The first-order chi connectivity index (χ1) is 7.33. The second kappa shape index (κ2) is 3.29. The number of hydrogen-bond acceptors (Lipinski definition) is 3. The van der Waals surface area contributed by atoms with Crippen molar-refractivity contribution in [3.8, 4) is 11.4 Å². The van der Waals surface area contributed by atoms with Gasteiger partial charge in [0.05, 0.1) is 10.2 Å². The third kappa shape index (κ3) is 1.49. The molecule has 0 aliphatic heterocycles. The third-order valence-corrected chi connectivity index (χ3v) is 3.41. The Morgan fingerprint density at radius 3 is 3.07 bits per heavy atom. The van der Waals surface area contributed by atoms with Crippen LogP contribution in [0.3, 0.4) is 0 Å². The molecule has 0 aliphatic carbocycles. The van der Waals surface area contributed by atoms with Gasteiger partial charge in [-0.15, -0.1) is 11.3 Å². The first kappa shape index (κ1) is 8.82. The normalized spacial score (nSPS) is 10.9. The Kier molecular flexibility index (Phi) is 1.93. The van der Waals surface area contributed by atoms with Crippen LogP contribution in [0.2, 0.25) is 0 Å². The smallest absolute Gasteiger partial charge is 0.159 e. The Balaban J connectivity index is 2.26. The van der Waals surface area contributed by atoms with Gasteiger partial charge in [0.15, 0.2) is 3.95 Å². The van der Waals surface area contributed by atoms with Gasteiger partial charge in [-0.3, -0.25) is 0 Å². The molecule has 74 valence electrons. The molecule has 0 saturated carbocycles. The molecule has 5 heteroatoms. The van der Waals surface area contributed by atoms with Crippen LogP contribution in [0.25, 0.3) is 21.6 Å². The zero-order valence-electron chi connectivity index (χ0n) is 7.65. The van der Waals surface area contributed by atoms with Gasteiger partial charge < -0.3 is 9.97 Å². The molecule has 0 atom stereocenters. The summed E-state index contributed by atoms with van der Waals surface area (Å²) in [5, 5.41) is 0. The van der Waals surface area contributed by atoms with Crippen LogP contribution in [-0.2, 0) is 0 Å². The average Bonchev–Trinajstić information content (AvgIpc) is 2.82. The van der Waals surface area contributed by atoms with E-state index in [1.54, 1.807) is 17.5 Å². The summed E-state index contributed by atoms with van der Waals surface area (Å²) < 4.78 is 1.98. The molecule has 3 nitrogen and oxygen atoms in total. The quantitative estimate of drug-likeness (QED) is 0.633. The maximum absolute atomic E-state index is 5.10. The molecular weight excluding hydrogens is 226 g/mol. The highest BCUT2D eigenvalue weighted by molar-refractivity contribution is 7.73. The summed E-state index contributed by atoms with van der Waals surface area (Å²) in [4.78, 5) is 10.4. The molecule has 0 bridgehead atoms. The molecule has 0 aliphatic rings. The zero-order valence-corrected chi connectivity index (χ0v) is 9.28. The Bertz CT molecular complexity index is 649. The highest BCUT2D eigenvalue weighted by atomic mass is 32.1. The average molecular weight is 233 g/mol. The van der Waals surface area contributed by atoms with E-state index >= 15 is 0 Å². The molecule has 2 N–H and O–H groups in total. The monoisotopic (exact) mass is 233 g/mol. The maximum Gasteiger partial charge on any atom is 0.159 e. The van der Waals surface area contributed by atoms with Gasteiger partial charge in [-0.2, -0.15) is 0 Å². The molecule has 1 aromatic carbocycles. The van der Waals surface area contributed by atoms with Crippen LogP contribution in [0.15, 0.2) is 30.6 Å². The molecule has 2 heterocycles. The number of benzene rings is 1. The van der Waals surface area contributed by atoms with Crippen LogP contribution in [-0.4, -0.2) is 15.0 Å². The van der Waals surface area contributed by atoms with E-state index in [1.165, 1.54) is 4.70 Å². The fourth-order valence-corrected chi connectivity index (χ4v) is 2.62. The number of rotatable bonds is 1. The van der Waals surface area contributed by atoms with Crippen LogP contribution in [0, 0.1) is 3.95 Å². The summed E-state index contributed by atoms with van der Waals surface area (Å²) in [5.74, 6) is 0.877. The van der Waals surface area contributed by atoms with Crippen LogP contribution in [0.4, 0.5) is 0 Å². The number of aromatic nitrogens is 3. The minimum absolute atomic E-state index is 0.807. The summed E-state index contributed by atoms with van der Waals surface area (Å²) in [6.07, 6.45) is 3.56. The predicted molar refractivity (Wildman–Crippen MR) is 64.6 cm³/mol. The number of thiazole rings is 1. The molecule has 2 aromatic heterocycles. The third-order valence-electron chi connectivity index (χ3n) is 2.19. The summed E-state index contributed by atoms with van der Waals surface area (Å²) in [6, 6.07) is 6.16. The van der Waals surface area contributed by atoms with Gasteiger partial charge in [0.2, 0.25) is 0 Å². The van der Waals surface area contributed by atoms with E-state index in [-0.39, 0.29) is 0 Å². The van der Waals surface area contributed by atoms with E-state index in [4.69, 9.17) is 12.2 Å². The molecule has 0 amide bonds. The molecule has 0 fully saturated rings. The van der Waals surface area contributed by atoms with Gasteiger partial charge in [-0.25, -0.2) is 4.98 Å². The second-order valence-electron chi connectivity index (χ2n) is 3.16. The summed E-state index contributed by atoms with van der Waals surface area (Å²) >= 11 is 6.68. The van der Waals surface area contributed by atoms with E-state index < -0.39 is 0 Å². The number of imidazole rings is 1. The van der Waals surface area contributed by atoms with Gasteiger partial charge in [-0.1, -0.05) is 0 Å². The molecule has 0 unspecified atom stereocenters. The van der Waals surface area contributed by atoms with Gasteiger partial charge in [0.25, 0.3) is 0 Å². The summed E-state index contributed by atoms with van der Waals surface area (Å²) in [7, 11) is 0. The van der Waals surface area contributed by atoms with E-state index in [0.29, 0.717) is 0 Å². The highest BCUT2D eigenvalue weighted by Crippen LogP contribution is 2.24. The van der Waals surface area contributed by atoms with Crippen molar-refractivity contribution in [1.82, 2.24) is 15.0 Å². The SMILES string of the molecule is S=c1[nH]c2cc(-c3ncc[nH]3)ccc2s1. The maximum atomic E-state index is 5.10. The lowest BCUT2D eigenvalue weighted by Gasteiger charge is -1.95. The van der Waals surface area contributed by atoms with Gasteiger partial charge >= 0.3 is 0 Å². The molecular formula is C10H7N3S2. The van der Waals surface area contributed by atoms with Crippen molar-refractivity contribution < 1.29 is 0 Å².